The third-order valence-corrected chi connectivity index (χ3v) is 6.39. The van der Waals surface area contributed by atoms with Crippen molar-refractivity contribution >= 4 is 5.91 Å². The maximum Gasteiger partial charge on any atom is 0.351 e. The van der Waals surface area contributed by atoms with Crippen LogP contribution in [0.15, 0.2) is 10.9 Å². The number of aliphatic hydroxyl groups excluding tert-OH is 1. The number of hydrogen-bond acceptors (Lipinski definition) is 6. The number of hydrogen-bond donors (Lipinski definition) is 3. The van der Waals surface area contributed by atoms with Crippen LogP contribution in [-0.2, 0) is 4.79 Å². The molecule has 0 spiro atoms. The van der Waals surface area contributed by atoms with Crippen LogP contribution in [-0.4, -0.2) is 46.3 Å². The molecule has 3 N–H and O–H groups in total. The first kappa shape index (κ1) is 18.3. The van der Waals surface area contributed by atoms with Crippen molar-refractivity contribution in [1.29, 1.82) is 0 Å². The first-order valence-corrected chi connectivity index (χ1v) is 9.85. The Hall–Kier alpha value is -2.09. The minimum Gasteiger partial charge on any atom is -0.476 e. The number of aromatic amines is 1. The van der Waals surface area contributed by atoms with Crippen LogP contribution in [0, 0.1) is 17.8 Å². The number of nitrogens with one attached hydrogen (secondary N) is 2. The largest absolute Gasteiger partial charge is 0.476 e. The molecule has 1 heterocycles. The van der Waals surface area contributed by atoms with Crippen LogP contribution in [0.2, 0.25) is 0 Å². The summed E-state index contributed by atoms with van der Waals surface area (Å²) < 4.78 is 10.6. The van der Waals surface area contributed by atoms with E-state index in [2.05, 4.69) is 15.3 Å². The standard InChI is InChI=1S/C19H27N3O5/c23-5-6-26-16-8-17(21-18(25)20-16)27-11-15(24)22-19-9-12-1-3-14(19)4-2-13(7-12)10-19/h8,12-14,23H,1-7,9-11H2,(H,22,24)(H,20,21,25). The van der Waals surface area contributed by atoms with Crippen LogP contribution < -0.4 is 20.5 Å². The molecule has 4 rings (SSSR count). The highest BCUT2D eigenvalue weighted by atomic mass is 16.5. The Kier molecular flexibility index (Phi) is 5.08. The molecule has 0 aromatic carbocycles. The minimum absolute atomic E-state index is 0.0334. The summed E-state index contributed by atoms with van der Waals surface area (Å²) in [6.45, 7) is -0.306. The molecule has 3 aliphatic rings. The van der Waals surface area contributed by atoms with Crippen molar-refractivity contribution in [2.75, 3.05) is 19.8 Å². The van der Waals surface area contributed by atoms with Gasteiger partial charge in [-0.05, 0) is 62.7 Å². The fraction of sp³-hybridized carbons (Fsp3) is 0.737. The van der Waals surface area contributed by atoms with Crippen molar-refractivity contribution in [1.82, 2.24) is 15.3 Å². The molecule has 0 radical (unpaired) electrons. The summed E-state index contributed by atoms with van der Waals surface area (Å²) in [6, 6.07) is 1.40. The summed E-state index contributed by atoms with van der Waals surface area (Å²) in [5.41, 5.74) is -0.694. The molecule has 1 aromatic heterocycles. The Labute approximate surface area is 157 Å². The number of carbonyl (C=O) groups excluding carboxylic acids is 1. The molecule has 3 bridgehead atoms. The Morgan fingerprint density at radius 3 is 2.70 bits per heavy atom. The molecule has 3 aliphatic carbocycles. The second kappa shape index (κ2) is 7.50. The number of aliphatic hydroxyl groups is 1. The molecule has 2 atom stereocenters. The number of H-pyrrole nitrogens is 1. The lowest BCUT2D eigenvalue weighted by molar-refractivity contribution is -0.129. The van der Waals surface area contributed by atoms with Crippen molar-refractivity contribution in [3.63, 3.8) is 0 Å². The summed E-state index contributed by atoms with van der Waals surface area (Å²) in [4.78, 5) is 30.3. The predicted octanol–water partition coefficient (Wildman–Crippen LogP) is 0.995. The van der Waals surface area contributed by atoms with E-state index in [1.807, 2.05) is 0 Å². The van der Waals surface area contributed by atoms with Crippen LogP contribution >= 0.6 is 0 Å². The van der Waals surface area contributed by atoms with Gasteiger partial charge < -0.3 is 19.9 Å². The van der Waals surface area contributed by atoms with E-state index >= 15 is 0 Å². The van der Waals surface area contributed by atoms with Gasteiger partial charge in [-0.25, -0.2) is 4.79 Å². The van der Waals surface area contributed by atoms with E-state index in [0.29, 0.717) is 5.92 Å². The molecule has 2 unspecified atom stereocenters. The normalized spacial score (nSPS) is 31.4. The van der Waals surface area contributed by atoms with Crippen molar-refractivity contribution in [2.45, 2.75) is 50.5 Å². The highest BCUT2D eigenvalue weighted by Gasteiger charge is 2.52. The molecule has 8 nitrogen and oxygen atoms in total. The topological polar surface area (TPSA) is 114 Å². The van der Waals surface area contributed by atoms with Crippen LogP contribution in [0.1, 0.15) is 44.9 Å². The zero-order chi connectivity index (χ0) is 18.9. The van der Waals surface area contributed by atoms with Gasteiger partial charge in [0.25, 0.3) is 5.91 Å². The molecule has 3 saturated carbocycles. The van der Waals surface area contributed by atoms with Gasteiger partial charge >= 0.3 is 5.69 Å². The van der Waals surface area contributed by atoms with Gasteiger partial charge in [-0.3, -0.25) is 9.78 Å². The molecule has 1 aromatic rings. The third kappa shape index (κ3) is 3.95. The van der Waals surface area contributed by atoms with Crippen LogP contribution in [0.5, 0.6) is 11.8 Å². The van der Waals surface area contributed by atoms with E-state index in [4.69, 9.17) is 14.6 Å². The van der Waals surface area contributed by atoms with Crippen LogP contribution in [0.25, 0.3) is 0 Å². The molecule has 0 aliphatic heterocycles. The van der Waals surface area contributed by atoms with Gasteiger partial charge in [0.2, 0.25) is 5.88 Å². The Balaban J connectivity index is 1.37. The third-order valence-electron chi connectivity index (χ3n) is 6.39. The summed E-state index contributed by atoms with van der Waals surface area (Å²) in [7, 11) is 0. The maximum absolute atomic E-state index is 12.6. The number of amides is 1. The van der Waals surface area contributed by atoms with Crippen molar-refractivity contribution in [3.8, 4) is 11.8 Å². The first-order chi connectivity index (χ1) is 13.1. The molecular formula is C19H27N3O5. The monoisotopic (exact) mass is 377 g/mol. The Morgan fingerprint density at radius 1 is 1.26 bits per heavy atom. The zero-order valence-corrected chi connectivity index (χ0v) is 15.4. The van der Waals surface area contributed by atoms with E-state index in [9.17, 15) is 9.59 Å². The Morgan fingerprint density at radius 2 is 2.00 bits per heavy atom. The lowest BCUT2D eigenvalue weighted by Crippen LogP contribution is -2.62. The van der Waals surface area contributed by atoms with Crippen LogP contribution in [0.4, 0.5) is 0 Å². The lowest BCUT2D eigenvalue weighted by Gasteiger charge is -2.57. The second-order valence-corrected chi connectivity index (χ2v) is 8.18. The molecule has 3 fully saturated rings. The SMILES string of the molecule is O=C(COc1cc(OCCO)[nH]c(=O)n1)NC12CC3CCC1CCC(C3)C2. The summed E-state index contributed by atoms with van der Waals surface area (Å²) in [5.74, 6) is 2.07. The van der Waals surface area contributed by atoms with Crippen molar-refractivity contribution in [3.05, 3.63) is 16.6 Å². The Bertz CT molecular complexity index is 733. The fourth-order valence-electron chi connectivity index (χ4n) is 5.47. The number of rotatable bonds is 7. The average Bonchev–Trinajstić information content (AvgIpc) is 2.62. The van der Waals surface area contributed by atoms with E-state index in [1.54, 1.807) is 0 Å². The molecule has 1 amide bonds. The van der Waals surface area contributed by atoms with Gasteiger partial charge in [0.1, 0.15) is 6.61 Å². The molecule has 8 heteroatoms. The van der Waals surface area contributed by atoms with E-state index < -0.39 is 5.69 Å². The number of ether oxygens (including phenoxy) is 2. The number of fused-ring (bicyclic) bond motifs is 2. The van der Waals surface area contributed by atoms with Gasteiger partial charge in [-0.15, -0.1) is 0 Å². The van der Waals surface area contributed by atoms with E-state index in [-0.39, 0.29) is 43.0 Å². The van der Waals surface area contributed by atoms with Gasteiger partial charge in [0, 0.05) is 5.54 Å². The van der Waals surface area contributed by atoms with Crippen LogP contribution in [0.3, 0.4) is 0 Å². The average molecular weight is 377 g/mol. The number of nitrogens with zero attached hydrogens (tertiary/aromatic N) is 1. The summed E-state index contributed by atoms with van der Waals surface area (Å²) in [6.07, 6.45) is 8.49. The van der Waals surface area contributed by atoms with Gasteiger partial charge in [0.05, 0.1) is 12.7 Å². The molecular weight excluding hydrogens is 350 g/mol. The minimum atomic E-state index is -0.626. The second-order valence-electron chi connectivity index (χ2n) is 8.18. The fourth-order valence-corrected chi connectivity index (χ4v) is 5.47. The molecule has 0 saturated heterocycles. The first-order valence-electron chi connectivity index (χ1n) is 9.85. The highest BCUT2D eigenvalue weighted by molar-refractivity contribution is 5.78. The number of aromatic nitrogens is 2. The highest BCUT2D eigenvalue weighted by Crippen LogP contribution is 2.54. The van der Waals surface area contributed by atoms with Crippen molar-refractivity contribution in [2.24, 2.45) is 17.8 Å². The summed E-state index contributed by atoms with van der Waals surface area (Å²) >= 11 is 0. The summed E-state index contributed by atoms with van der Waals surface area (Å²) in [5, 5.41) is 12.1. The van der Waals surface area contributed by atoms with Crippen molar-refractivity contribution < 1.29 is 19.4 Å². The zero-order valence-electron chi connectivity index (χ0n) is 15.4. The number of carbonyl (C=O) groups is 1. The van der Waals surface area contributed by atoms with E-state index in [1.165, 1.54) is 38.2 Å². The van der Waals surface area contributed by atoms with Gasteiger partial charge in [-0.2, -0.15) is 4.98 Å². The molecule has 27 heavy (non-hydrogen) atoms. The lowest BCUT2D eigenvalue weighted by atomic mass is 9.53. The van der Waals surface area contributed by atoms with E-state index in [0.717, 1.165) is 24.7 Å². The predicted molar refractivity (Wildman–Crippen MR) is 96.6 cm³/mol. The van der Waals surface area contributed by atoms with Gasteiger partial charge in [0.15, 0.2) is 12.5 Å². The maximum atomic E-state index is 12.6. The smallest absolute Gasteiger partial charge is 0.351 e. The quantitative estimate of drug-likeness (QED) is 0.653. The van der Waals surface area contributed by atoms with Gasteiger partial charge in [-0.1, -0.05) is 0 Å². The molecule has 148 valence electrons.